The topological polar surface area (TPSA) is 66.4 Å². The minimum atomic E-state index is -0.885. The lowest BCUT2D eigenvalue weighted by atomic mass is 9.89. The molecule has 0 aliphatic heterocycles. The molecule has 0 saturated carbocycles. The molecule has 110 valence electrons. The van der Waals surface area contributed by atoms with Gasteiger partial charge in [-0.15, -0.1) is 11.8 Å². The molecular weight excluding hydrogens is 274 g/mol. The van der Waals surface area contributed by atoms with Crippen LogP contribution in [0.1, 0.15) is 33.1 Å². The lowest BCUT2D eigenvalue weighted by molar-refractivity contribution is -0.139. The number of aliphatic carboxylic acids is 1. The second-order valence-corrected chi connectivity index (χ2v) is 5.76. The number of carbonyl (C=O) groups excluding carboxylic acids is 1. The number of hydrogen-bond donors (Lipinski definition) is 2. The molecule has 0 aliphatic rings. The van der Waals surface area contributed by atoms with Crippen molar-refractivity contribution in [2.24, 2.45) is 0 Å². The average molecular weight is 295 g/mol. The maximum absolute atomic E-state index is 12.0. The zero-order valence-electron chi connectivity index (χ0n) is 11.9. The summed E-state index contributed by atoms with van der Waals surface area (Å²) in [5.41, 5.74) is -0.639. The monoisotopic (exact) mass is 295 g/mol. The molecule has 0 spiro atoms. The van der Waals surface area contributed by atoms with Crippen LogP contribution in [-0.2, 0) is 9.59 Å². The second kappa shape index (κ2) is 7.94. The number of hydrogen-bond acceptors (Lipinski definition) is 3. The van der Waals surface area contributed by atoms with E-state index in [4.69, 9.17) is 5.11 Å². The highest BCUT2D eigenvalue weighted by Gasteiger charge is 2.30. The maximum atomic E-state index is 12.0. The summed E-state index contributed by atoms with van der Waals surface area (Å²) in [4.78, 5) is 24.0. The van der Waals surface area contributed by atoms with Crippen molar-refractivity contribution in [1.82, 2.24) is 5.32 Å². The number of amides is 1. The van der Waals surface area contributed by atoms with Crippen molar-refractivity contribution >= 4 is 23.6 Å². The molecule has 1 rings (SSSR count). The molecule has 4 nitrogen and oxygen atoms in total. The van der Waals surface area contributed by atoms with E-state index in [9.17, 15) is 9.59 Å². The fourth-order valence-corrected chi connectivity index (χ4v) is 2.73. The molecular formula is C15H21NO3S. The van der Waals surface area contributed by atoms with Gasteiger partial charge in [-0.05, 0) is 25.0 Å². The Kier molecular flexibility index (Phi) is 6.58. The Balaban J connectivity index is 2.56. The van der Waals surface area contributed by atoms with Crippen LogP contribution in [0.15, 0.2) is 35.2 Å². The molecule has 20 heavy (non-hydrogen) atoms. The molecule has 0 unspecified atom stereocenters. The molecule has 1 amide bonds. The predicted octanol–water partition coefficient (Wildman–Crippen LogP) is 2.93. The van der Waals surface area contributed by atoms with E-state index in [2.05, 4.69) is 5.32 Å². The molecule has 0 fully saturated rings. The number of carboxylic acid groups (broad SMARTS) is 1. The summed E-state index contributed by atoms with van der Waals surface area (Å²) < 4.78 is 0. The van der Waals surface area contributed by atoms with Gasteiger partial charge < -0.3 is 10.4 Å². The van der Waals surface area contributed by atoms with E-state index in [0.717, 1.165) is 4.90 Å². The number of rotatable bonds is 8. The van der Waals surface area contributed by atoms with Crippen LogP contribution in [0.2, 0.25) is 0 Å². The Morgan fingerprint density at radius 1 is 1.20 bits per heavy atom. The smallest absolute Gasteiger partial charge is 0.305 e. The SMILES string of the molecule is CCC(CC)(CC(=O)O)NC(=O)CSc1ccccc1. The lowest BCUT2D eigenvalue weighted by Crippen LogP contribution is -2.49. The Bertz CT molecular complexity index is 444. The predicted molar refractivity (Wildman–Crippen MR) is 80.9 cm³/mol. The normalized spacial score (nSPS) is 11.1. The van der Waals surface area contributed by atoms with Gasteiger partial charge in [0, 0.05) is 10.4 Å². The Labute approximate surface area is 124 Å². The van der Waals surface area contributed by atoms with Gasteiger partial charge in [0.25, 0.3) is 0 Å². The van der Waals surface area contributed by atoms with Crippen LogP contribution in [-0.4, -0.2) is 28.3 Å². The standard InChI is InChI=1S/C15H21NO3S/c1-3-15(4-2,10-14(18)19)16-13(17)11-20-12-8-6-5-7-9-12/h5-9H,3-4,10-11H2,1-2H3,(H,16,17)(H,18,19). The third-order valence-corrected chi connectivity index (χ3v) is 4.37. The van der Waals surface area contributed by atoms with Crippen molar-refractivity contribution in [2.75, 3.05) is 5.75 Å². The van der Waals surface area contributed by atoms with Crippen molar-refractivity contribution in [3.8, 4) is 0 Å². The first-order valence-electron chi connectivity index (χ1n) is 6.72. The molecule has 0 atom stereocenters. The van der Waals surface area contributed by atoms with Gasteiger partial charge >= 0.3 is 5.97 Å². The highest BCUT2D eigenvalue weighted by atomic mass is 32.2. The molecule has 0 heterocycles. The number of carboxylic acids is 1. The second-order valence-electron chi connectivity index (χ2n) is 4.71. The fourth-order valence-electron chi connectivity index (χ4n) is 2.01. The Morgan fingerprint density at radius 2 is 1.80 bits per heavy atom. The number of nitrogens with one attached hydrogen (secondary N) is 1. The summed E-state index contributed by atoms with van der Waals surface area (Å²) >= 11 is 1.45. The summed E-state index contributed by atoms with van der Waals surface area (Å²) in [6.45, 7) is 3.80. The number of carbonyl (C=O) groups is 2. The van der Waals surface area contributed by atoms with Gasteiger partial charge in [0.05, 0.1) is 12.2 Å². The van der Waals surface area contributed by atoms with Gasteiger partial charge in [-0.25, -0.2) is 0 Å². The van der Waals surface area contributed by atoms with Gasteiger partial charge in [0.2, 0.25) is 5.91 Å². The van der Waals surface area contributed by atoms with Crippen LogP contribution in [0, 0.1) is 0 Å². The van der Waals surface area contributed by atoms with Crippen LogP contribution in [0.25, 0.3) is 0 Å². The average Bonchev–Trinajstić information content (AvgIpc) is 2.45. The number of benzene rings is 1. The highest BCUT2D eigenvalue weighted by Crippen LogP contribution is 2.21. The summed E-state index contributed by atoms with van der Waals surface area (Å²) in [6.07, 6.45) is 1.18. The largest absolute Gasteiger partial charge is 0.481 e. The summed E-state index contributed by atoms with van der Waals surface area (Å²) in [5.74, 6) is -0.709. The first-order chi connectivity index (χ1) is 9.51. The minimum absolute atomic E-state index is 0.0399. The van der Waals surface area contributed by atoms with E-state index in [0.29, 0.717) is 18.6 Å². The molecule has 1 aromatic rings. The summed E-state index contributed by atoms with van der Waals surface area (Å²) in [6, 6.07) is 9.67. The van der Waals surface area contributed by atoms with E-state index < -0.39 is 11.5 Å². The van der Waals surface area contributed by atoms with Crippen LogP contribution in [0.5, 0.6) is 0 Å². The molecule has 0 aliphatic carbocycles. The van der Waals surface area contributed by atoms with Gasteiger partial charge in [0.15, 0.2) is 0 Å². The van der Waals surface area contributed by atoms with Gasteiger partial charge in [-0.1, -0.05) is 32.0 Å². The van der Waals surface area contributed by atoms with Crippen molar-refractivity contribution in [1.29, 1.82) is 0 Å². The molecule has 1 aromatic carbocycles. The maximum Gasteiger partial charge on any atom is 0.305 e. The van der Waals surface area contributed by atoms with E-state index in [-0.39, 0.29) is 12.3 Å². The lowest BCUT2D eigenvalue weighted by Gasteiger charge is -2.31. The molecule has 0 aromatic heterocycles. The van der Waals surface area contributed by atoms with E-state index in [1.807, 2.05) is 44.2 Å². The van der Waals surface area contributed by atoms with Gasteiger partial charge in [0.1, 0.15) is 0 Å². The summed E-state index contributed by atoms with van der Waals surface area (Å²) in [7, 11) is 0. The van der Waals surface area contributed by atoms with Crippen LogP contribution < -0.4 is 5.32 Å². The number of thioether (sulfide) groups is 1. The highest BCUT2D eigenvalue weighted by molar-refractivity contribution is 8.00. The van der Waals surface area contributed by atoms with Crippen molar-refractivity contribution in [3.05, 3.63) is 30.3 Å². The fraction of sp³-hybridized carbons (Fsp3) is 0.467. The van der Waals surface area contributed by atoms with E-state index in [1.54, 1.807) is 0 Å². The van der Waals surface area contributed by atoms with Crippen molar-refractivity contribution in [3.63, 3.8) is 0 Å². The van der Waals surface area contributed by atoms with E-state index in [1.165, 1.54) is 11.8 Å². The summed E-state index contributed by atoms with van der Waals surface area (Å²) in [5, 5.41) is 11.9. The zero-order chi connectivity index (χ0) is 15.0. The molecule has 0 bridgehead atoms. The van der Waals surface area contributed by atoms with Crippen LogP contribution in [0.3, 0.4) is 0 Å². The minimum Gasteiger partial charge on any atom is -0.481 e. The van der Waals surface area contributed by atoms with Gasteiger partial charge in [-0.2, -0.15) is 0 Å². The quantitative estimate of drug-likeness (QED) is 0.724. The third-order valence-electron chi connectivity index (χ3n) is 3.36. The van der Waals surface area contributed by atoms with Crippen molar-refractivity contribution < 1.29 is 14.7 Å². The first-order valence-corrected chi connectivity index (χ1v) is 7.70. The van der Waals surface area contributed by atoms with Gasteiger partial charge in [-0.3, -0.25) is 9.59 Å². The molecule has 0 saturated heterocycles. The first kappa shape index (κ1) is 16.6. The van der Waals surface area contributed by atoms with E-state index >= 15 is 0 Å². The molecule has 5 heteroatoms. The van der Waals surface area contributed by atoms with Crippen LogP contribution >= 0.6 is 11.8 Å². The molecule has 0 radical (unpaired) electrons. The van der Waals surface area contributed by atoms with Crippen molar-refractivity contribution in [2.45, 2.75) is 43.5 Å². The van der Waals surface area contributed by atoms with Crippen LogP contribution in [0.4, 0.5) is 0 Å². The Morgan fingerprint density at radius 3 is 2.30 bits per heavy atom. The Hall–Kier alpha value is -1.49. The third kappa shape index (κ3) is 5.25. The zero-order valence-corrected chi connectivity index (χ0v) is 12.7. The molecule has 2 N–H and O–H groups in total.